The number of aromatic nitrogens is 4. The Kier molecular flexibility index (Phi) is 5.19. The third kappa shape index (κ3) is 4.09. The van der Waals surface area contributed by atoms with E-state index in [1.165, 1.54) is 0 Å². The molecule has 0 aromatic carbocycles. The fourth-order valence-corrected chi connectivity index (χ4v) is 4.40. The molecule has 3 aliphatic rings. The van der Waals surface area contributed by atoms with Crippen LogP contribution in [0, 0.1) is 11.8 Å². The van der Waals surface area contributed by atoms with Crippen molar-refractivity contribution in [3.8, 4) is 0 Å². The van der Waals surface area contributed by atoms with E-state index in [9.17, 15) is 4.79 Å². The minimum atomic E-state index is 0.0154. The molecule has 5 rings (SSSR count). The van der Waals surface area contributed by atoms with E-state index in [-0.39, 0.29) is 17.2 Å². The second kappa shape index (κ2) is 7.62. The average molecular weight is 383 g/mol. The van der Waals surface area contributed by atoms with E-state index in [4.69, 9.17) is 0 Å². The number of fused-ring (bicyclic) bond motifs is 3. The normalized spacial score (nSPS) is 27.0. The first kappa shape index (κ1) is 19.1. The van der Waals surface area contributed by atoms with E-state index in [1.54, 1.807) is 12.4 Å². The lowest BCUT2D eigenvalue weighted by atomic mass is 9.75. The molecular formula is C21H30N6O. The van der Waals surface area contributed by atoms with Gasteiger partial charge >= 0.3 is 0 Å². The Hall–Kier alpha value is -2.28. The molecule has 0 radical (unpaired) electrons. The van der Waals surface area contributed by atoms with Crippen molar-refractivity contribution >= 4 is 5.91 Å². The number of piperidine rings is 3. The first-order valence-electron chi connectivity index (χ1n) is 10.2. The van der Waals surface area contributed by atoms with Crippen LogP contribution in [0.3, 0.4) is 0 Å². The van der Waals surface area contributed by atoms with Gasteiger partial charge in [-0.2, -0.15) is 0 Å². The Morgan fingerprint density at radius 3 is 2.86 bits per heavy atom. The summed E-state index contributed by atoms with van der Waals surface area (Å²) < 4.78 is 1.98. The quantitative estimate of drug-likeness (QED) is 0.856. The van der Waals surface area contributed by atoms with Gasteiger partial charge in [0.1, 0.15) is 0 Å². The molecule has 2 unspecified atom stereocenters. The van der Waals surface area contributed by atoms with Crippen LogP contribution < -0.4 is 5.32 Å². The standard InChI is InChI=1S/C21H30N6O/c1-21(2,3)19-14-27(25-24-19)12-17-9-16-6-8-26(17)13-18(16)20(28)23-11-15-5-4-7-22-10-15/h4-5,7,10,14,16-18H,6,8-9,11-13H2,1-3H3,(H,23,28)/t16?,17-,18+/m1/s1. The van der Waals surface area contributed by atoms with Gasteiger partial charge in [0.25, 0.3) is 0 Å². The number of pyridine rings is 1. The van der Waals surface area contributed by atoms with Gasteiger partial charge in [-0.1, -0.05) is 32.1 Å². The van der Waals surface area contributed by atoms with Crippen molar-refractivity contribution in [3.05, 3.63) is 42.0 Å². The molecule has 3 aliphatic heterocycles. The van der Waals surface area contributed by atoms with Gasteiger partial charge < -0.3 is 5.32 Å². The summed E-state index contributed by atoms with van der Waals surface area (Å²) in [5.74, 6) is 0.713. The van der Waals surface area contributed by atoms with E-state index in [0.717, 1.165) is 43.7 Å². The monoisotopic (exact) mass is 382 g/mol. The summed E-state index contributed by atoms with van der Waals surface area (Å²) in [7, 11) is 0. The Morgan fingerprint density at radius 1 is 1.36 bits per heavy atom. The molecule has 5 heterocycles. The zero-order valence-corrected chi connectivity index (χ0v) is 17.0. The van der Waals surface area contributed by atoms with Gasteiger partial charge in [-0.25, -0.2) is 0 Å². The molecule has 4 atom stereocenters. The third-order valence-corrected chi connectivity index (χ3v) is 6.11. The molecule has 2 bridgehead atoms. The van der Waals surface area contributed by atoms with Crippen LogP contribution in [0.1, 0.15) is 44.9 Å². The largest absolute Gasteiger partial charge is 0.352 e. The molecule has 3 saturated heterocycles. The van der Waals surface area contributed by atoms with E-state index in [0.29, 0.717) is 18.5 Å². The van der Waals surface area contributed by atoms with E-state index < -0.39 is 0 Å². The zero-order chi connectivity index (χ0) is 19.7. The lowest BCUT2D eigenvalue weighted by molar-refractivity contribution is -0.133. The first-order chi connectivity index (χ1) is 13.4. The van der Waals surface area contributed by atoms with Crippen LogP contribution in [-0.2, 0) is 23.3 Å². The predicted molar refractivity (Wildman–Crippen MR) is 106 cm³/mol. The van der Waals surface area contributed by atoms with Crippen molar-refractivity contribution in [1.82, 2.24) is 30.2 Å². The molecule has 2 aromatic heterocycles. The van der Waals surface area contributed by atoms with Crippen molar-refractivity contribution in [3.63, 3.8) is 0 Å². The van der Waals surface area contributed by atoms with Crippen molar-refractivity contribution in [2.75, 3.05) is 13.1 Å². The van der Waals surface area contributed by atoms with Gasteiger partial charge in [-0.3, -0.25) is 19.4 Å². The highest BCUT2D eigenvalue weighted by Gasteiger charge is 2.43. The molecule has 7 heteroatoms. The Bertz CT molecular complexity index is 812. The number of hydrogen-bond donors (Lipinski definition) is 1. The maximum atomic E-state index is 12.8. The molecule has 7 nitrogen and oxygen atoms in total. The smallest absolute Gasteiger partial charge is 0.224 e. The van der Waals surface area contributed by atoms with Crippen molar-refractivity contribution in [2.45, 2.75) is 58.2 Å². The molecule has 150 valence electrons. The number of amides is 1. The van der Waals surface area contributed by atoms with E-state index in [2.05, 4.69) is 52.5 Å². The van der Waals surface area contributed by atoms with Gasteiger partial charge in [0, 0.05) is 43.1 Å². The molecule has 0 saturated carbocycles. The maximum absolute atomic E-state index is 12.8. The predicted octanol–water partition coefficient (Wildman–Crippen LogP) is 2.00. The van der Waals surface area contributed by atoms with Crippen LogP contribution in [0.2, 0.25) is 0 Å². The summed E-state index contributed by atoms with van der Waals surface area (Å²) in [6.07, 6.45) is 7.78. The molecule has 1 N–H and O–H groups in total. The number of nitrogens with zero attached hydrogens (tertiary/aromatic N) is 5. The van der Waals surface area contributed by atoms with Crippen LogP contribution in [0.5, 0.6) is 0 Å². The van der Waals surface area contributed by atoms with Gasteiger partial charge in [0.05, 0.1) is 18.2 Å². The van der Waals surface area contributed by atoms with Crippen molar-refractivity contribution in [1.29, 1.82) is 0 Å². The van der Waals surface area contributed by atoms with Crippen molar-refractivity contribution < 1.29 is 4.79 Å². The zero-order valence-electron chi connectivity index (χ0n) is 17.0. The minimum Gasteiger partial charge on any atom is -0.352 e. The molecule has 3 fully saturated rings. The second-order valence-corrected chi connectivity index (χ2v) is 9.19. The van der Waals surface area contributed by atoms with Gasteiger partial charge in [-0.05, 0) is 36.9 Å². The summed E-state index contributed by atoms with van der Waals surface area (Å²) in [6, 6.07) is 4.33. The summed E-state index contributed by atoms with van der Waals surface area (Å²) in [4.78, 5) is 19.3. The lowest BCUT2D eigenvalue weighted by Gasteiger charge is -2.49. The van der Waals surface area contributed by atoms with Gasteiger partial charge in [-0.15, -0.1) is 5.10 Å². The highest BCUT2D eigenvalue weighted by atomic mass is 16.1. The highest BCUT2D eigenvalue weighted by Crippen LogP contribution is 2.37. The van der Waals surface area contributed by atoms with Crippen LogP contribution in [0.15, 0.2) is 30.7 Å². The Morgan fingerprint density at radius 2 is 2.21 bits per heavy atom. The number of rotatable bonds is 5. The third-order valence-electron chi connectivity index (χ3n) is 6.11. The summed E-state index contributed by atoms with van der Waals surface area (Å²) in [5.41, 5.74) is 2.08. The highest BCUT2D eigenvalue weighted by molar-refractivity contribution is 5.79. The molecule has 0 aliphatic carbocycles. The summed E-state index contributed by atoms with van der Waals surface area (Å²) >= 11 is 0. The Labute approximate surface area is 166 Å². The van der Waals surface area contributed by atoms with Crippen LogP contribution in [0.4, 0.5) is 0 Å². The van der Waals surface area contributed by atoms with Crippen LogP contribution in [-0.4, -0.2) is 49.9 Å². The van der Waals surface area contributed by atoms with Gasteiger partial charge in [0.2, 0.25) is 5.91 Å². The molecule has 28 heavy (non-hydrogen) atoms. The average Bonchev–Trinajstić information content (AvgIpc) is 3.16. The summed E-state index contributed by atoms with van der Waals surface area (Å²) in [6.45, 7) is 9.78. The molecule has 0 spiro atoms. The molecular weight excluding hydrogens is 352 g/mol. The number of hydrogen-bond acceptors (Lipinski definition) is 5. The number of carbonyl (C=O) groups is 1. The molecule has 1 amide bonds. The number of nitrogens with one attached hydrogen (secondary N) is 1. The fraction of sp³-hybridized carbons (Fsp3) is 0.619. The van der Waals surface area contributed by atoms with Crippen LogP contribution >= 0.6 is 0 Å². The van der Waals surface area contributed by atoms with E-state index >= 15 is 0 Å². The van der Waals surface area contributed by atoms with E-state index in [1.807, 2.05) is 16.8 Å². The minimum absolute atomic E-state index is 0.0154. The summed E-state index contributed by atoms with van der Waals surface area (Å²) in [5, 5.41) is 11.8. The Balaban J connectivity index is 1.34. The topological polar surface area (TPSA) is 75.9 Å². The second-order valence-electron chi connectivity index (χ2n) is 9.19. The van der Waals surface area contributed by atoms with Gasteiger partial charge in [0.15, 0.2) is 0 Å². The first-order valence-corrected chi connectivity index (χ1v) is 10.2. The lowest BCUT2D eigenvalue weighted by Crippen LogP contribution is -2.58. The fourth-order valence-electron chi connectivity index (χ4n) is 4.40. The van der Waals surface area contributed by atoms with Crippen LogP contribution in [0.25, 0.3) is 0 Å². The molecule has 2 aromatic rings. The maximum Gasteiger partial charge on any atom is 0.224 e. The van der Waals surface area contributed by atoms with Crippen molar-refractivity contribution in [2.24, 2.45) is 11.8 Å². The number of carbonyl (C=O) groups excluding carboxylic acids is 1. The SMILES string of the molecule is CC(C)(C)c1cn(C[C@H]2CC3CCN2C[C@@H]3C(=O)NCc2cccnc2)nn1.